The molecule has 2 aromatic rings. The number of hydrogen-bond acceptors (Lipinski definition) is 5. The van der Waals surface area contributed by atoms with Gasteiger partial charge in [0.2, 0.25) is 0 Å². The van der Waals surface area contributed by atoms with E-state index in [-0.39, 0.29) is 18.6 Å². The average Bonchev–Trinajstić information content (AvgIpc) is 3.31. The Morgan fingerprint density at radius 1 is 1.40 bits per heavy atom. The second kappa shape index (κ2) is 7.33. The van der Waals surface area contributed by atoms with E-state index in [9.17, 15) is 14.7 Å². The fourth-order valence-corrected chi connectivity index (χ4v) is 3.68. The lowest BCUT2D eigenvalue weighted by molar-refractivity contribution is -0.142. The molecule has 3 rings (SSSR count). The molecule has 0 bridgehead atoms. The highest BCUT2D eigenvalue weighted by Gasteiger charge is 2.35. The summed E-state index contributed by atoms with van der Waals surface area (Å²) in [6.45, 7) is 2.33. The molecule has 1 aliphatic rings. The Labute approximate surface area is 149 Å². The lowest BCUT2D eigenvalue weighted by Crippen LogP contribution is -2.44. The van der Waals surface area contributed by atoms with Crippen molar-refractivity contribution in [3.63, 3.8) is 0 Å². The number of nitrogens with zero attached hydrogens (tertiary/aromatic N) is 1. The number of carboxylic acid groups (broad SMARTS) is 1. The summed E-state index contributed by atoms with van der Waals surface area (Å²) in [5, 5.41) is 13.2. The van der Waals surface area contributed by atoms with Gasteiger partial charge in [0, 0.05) is 13.2 Å². The summed E-state index contributed by atoms with van der Waals surface area (Å²) >= 11 is 1.30. The molecule has 2 N–H and O–H groups in total. The highest BCUT2D eigenvalue weighted by Crippen LogP contribution is 2.31. The number of aliphatic carboxylic acids is 1. The van der Waals surface area contributed by atoms with Crippen LogP contribution in [0, 0.1) is 0 Å². The summed E-state index contributed by atoms with van der Waals surface area (Å²) in [4.78, 5) is 28.9. The Hall–Kier alpha value is -2.25. The zero-order valence-corrected chi connectivity index (χ0v) is 14.7. The number of carboxylic acids is 1. The van der Waals surface area contributed by atoms with Crippen LogP contribution in [0.3, 0.4) is 0 Å². The molecular formula is C18H20N2O4S. The van der Waals surface area contributed by atoms with Crippen molar-refractivity contribution in [2.45, 2.75) is 31.3 Å². The van der Waals surface area contributed by atoms with Gasteiger partial charge < -0.3 is 15.2 Å². The first-order valence-electron chi connectivity index (χ1n) is 8.15. The second-order valence-corrected chi connectivity index (χ2v) is 7.31. The number of hydrogen-bond donors (Lipinski definition) is 2. The second-order valence-electron chi connectivity index (χ2n) is 6.25. The SMILES string of the molecule is CC(CNC(=O)c1cnc(C2CCCO2)s1)(C(=O)O)c1ccccc1. The average molecular weight is 360 g/mol. The highest BCUT2D eigenvalue weighted by molar-refractivity contribution is 7.13. The van der Waals surface area contributed by atoms with Crippen LogP contribution in [0.4, 0.5) is 0 Å². The van der Waals surface area contributed by atoms with Gasteiger partial charge in [-0.2, -0.15) is 0 Å². The van der Waals surface area contributed by atoms with Crippen LogP contribution in [0.2, 0.25) is 0 Å². The Morgan fingerprint density at radius 2 is 2.16 bits per heavy atom. The third-order valence-electron chi connectivity index (χ3n) is 4.44. The number of benzene rings is 1. The summed E-state index contributed by atoms with van der Waals surface area (Å²) in [5.74, 6) is -1.30. The number of carbonyl (C=O) groups is 2. The van der Waals surface area contributed by atoms with E-state index in [2.05, 4.69) is 10.3 Å². The molecule has 1 aromatic carbocycles. The minimum atomic E-state index is -1.20. The van der Waals surface area contributed by atoms with Crippen molar-refractivity contribution in [1.29, 1.82) is 0 Å². The summed E-state index contributed by atoms with van der Waals surface area (Å²) in [7, 11) is 0. The predicted molar refractivity (Wildman–Crippen MR) is 93.8 cm³/mol. The first kappa shape index (κ1) is 17.6. The van der Waals surface area contributed by atoms with E-state index in [0.29, 0.717) is 10.4 Å². The van der Waals surface area contributed by atoms with Crippen LogP contribution in [0.25, 0.3) is 0 Å². The highest BCUT2D eigenvalue weighted by atomic mass is 32.1. The normalized spacial score (nSPS) is 19.3. The molecule has 1 amide bonds. The zero-order chi connectivity index (χ0) is 17.9. The number of rotatable bonds is 6. The van der Waals surface area contributed by atoms with Crippen molar-refractivity contribution in [2.75, 3.05) is 13.2 Å². The number of nitrogens with one attached hydrogen (secondary N) is 1. The van der Waals surface area contributed by atoms with Gasteiger partial charge in [0.15, 0.2) is 0 Å². The lowest BCUT2D eigenvalue weighted by Gasteiger charge is -2.25. The molecule has 6 nitrogen and oxygen atoms in total. The lowest BCUT2D eigenvalue weighted by atomic mass is 9.82. The number of thiazole rings is 1. The summed E-state index contributed by atoms with van der Waals surface area (Å²) in [6.07, 6.45) is 3.41. The Morgan fingerprint density at radius 3 is 2.80 bits per heavy atom. The van der Waals surface area contributed by atoms with E-state index in [1.54, 1.807) is 31.2 Å². The molecule has 2 heterocycles. The van der Waals surface area contributed by atoms with Crippen molar-refractivity contribution in [2.24, 2.45) is 0 Å². The molecule has 1 aliphatic heterocycles. The van der Waals surface area contributed by atoms with Crippen LogP contribution >= 0.6 is 11.3 Å². The number of aromatic nitrogens is 1. The fraction of sp³-hybridized carbons (Fsp3) is 0.389. The third-order valence-corrected chi connectivity index (χ3v) is 5.53. The van der Waals surface area contributed by atoms with Crippen LogP contribution < -0.4 is 5.32 Å². The number of carbonyl (C=O) groups excluding carboxylic acids is 1. The molecule has 1 saturated heterocycles. The van der Waals surface area contributed by atoms with Gasteiger partial charge in [-0.25, -0.2) is 4.98 Å². The van der Waals surface area contributed by atoms with Crippen LogP contribution in [-0.4, -0.2) is 35.1 Å². The van der Waals surface area contributed by atoms with E-state index < -0.39 is 11.4 Å². The zero-order valence-electron chi connectivity index (χ0n) is 13.9. The van der Waals surface area contributed by atoms with Gasteiger partial charge in [0.25, 0.3) is 5.91 Å². The van der Waals surface area contributed by atoms with E-state index in [1.165, 1.54) is 17.5 Å². The third kappa shape index (κ3) is 3.72. The maximum absolute atomic E-state index is 12.4. The largest absolute Gasteiger partial charge is 0.481 e. The first-order valence-corrected chi connectivity index (χ1v) is 8.97. The monoisotopic (exact) mass is 360 g/mol. The molecule has 0 saturated carbocycles. The minimum Gasteiger partial charge on any atom is -0.481 e. The van der Waals surface area contributed by atoms with Crippen LogP contribution in [0.1, 0.15) is 46.1 Å². The molecule has 7 heteroatoms. The maximum Gasteiger partial charge on any atom is 0.315 e. The van der Waals surface area contributed by atoms with Gasteiger partial charge >= 0.3 is 5.97 Å². The van der Waals surface area contributed by atoms with Crippen LogP contribution in [0.5, 0.6) is 0 Å². The van der Waals surface area contributed by atoms with Crippen molar-refractivity contribution in [1.82, 2.24) is 10.3 Å². The maximum atomic E-state index is 12.4. The Balaban J connectivity index is 1.69. The quantitative estimate of drug-likeness (QED) is 0.827. The van der Waals surface area contributed by atoms with Gasteiger partial charge in [0.05, 0.1) is 6.20 Å². The number of ether oxygens (including phenoxy) is 1. The Bertz CT molecular complexity index is 755. The first-order chi connectivity index (χ1) is 12.0. The molecule has 132 valence electrons. The number of amides is 1. The molecule has 0 spiro atoms. The summed E-state index contributed by atoms with van der Waals surface area (Å²) in [6, 6.07) is 8.91. The predicted octanol–water partition coefficient (Wildman–Crippen LogP) is 2.77. The van der Waals surface area contributed by atoms with Gasteiger partial charge in [-0.15, -0.1) is 11.3 Å². The minimum absolute atomic E-state index is 0.00164. The van der Waals surface area contributed by atoms with Crippen molar-refractivity contribution >= 4 is 23.2 Å². The van der Waals surface area contributed by atoms with Crippen molar-refractivity contribution in [3.05, 3.63) is 52.0 Å². The molecule has 0 radical (unpaired) electrons. The van der Waals surface area contributed by atoms with Crippen molar-refractivity contribution in [3.8, 4) is 0 Å². The van der Waals surface area contributed by atoms with Crippen molar-refractivity contribution < 1.29 is 19.4 Å². The summed E-state index contributed by atoms with van der Waals surface area (Å²) in [5.41, 5.74) is -0.550. The molecular weight excluding hydrogens is 340 g/mol. The molecule has 1 aromatic heterocycles. The fourth-order valence-electron chi connectivity index (χ4n) is 2.77. The van der Waals surface area contributed by atoms with E-state index in [0.717, 1.165) is 24.5 Å². The molecule has 2 atom stereocenters. The van der Waals surface area contributed by atoms with Gasteiger partial charge in [-0.05, 0) is 25.3 Å². The molecule has 2 unspecified atom stereocenters. The topological polar surface area (TPSA) is 88.5 Å². The van der Waals surface area contributed by atoms with E-state index in [1.807, 2.05) is 6.07 Å². The van der Waals surface area contributed by atoms with Gasteiger partial charge in [-0.1, -0.05) is 30.3 Å². The van der Waals surface area contributed by atoms with Crippen LogP contribution in [-0.2, 0) is 14.9 Å². The van der Waals surface area contributed by atoms with Crippen LogP contribution in [0.15, 0.2) is 36.5 Å². The van der Waals surface area contributed by atoms with Gasteiger partial charge in [-0.3, -0.25) is 9.59 Å². The smallest absolute Gasteiger partial charge is 0.315 e. The molecule has 25 heavy (non-hydrogen) atoms. The van der Waals surface area contributed by atoms with E-state index in [4.69, 9.17) is 4.74 Å². The molecule has 1 fully saturated rings. The molecule has 0 aliphatic carbocycles. The standard InChI is InChI=1S/C18H20N2O4S/c1-18(17(22)23,12-6-3-2-4-7-12)11-20-15(21)14-10-19-16(25-14)13-8-5-9-24-13/h2-4,6-7,10,13H,5,8-9,11H2,1H3,(H,20,21)(H,22,23). The summed E-state index contributed by atoms with van der Waals surface area (Å²) < 4.78 is 5.57. The van der Waals surface area contributed by atoms with Gasteiger partial charge in [0.1, 0.15) is 21.4 Å². The van der Waals surface area contributed by atoms with E-state index >= 15 is 0 Å². The Kier molecular flexibility index (Phi) is 5.15.